The molecule has 1 atom stereocenters. The smallest absolute Gasteiger partial charge is 0.235 e. The zero-order valence-corrected chi connectivity index (χ0v) is 15.9. The fourth-order valence-electron chi connectivity index (χ4n) is 3.45. The van der Waals surface area contributed by atoms with Crippen molar-refractivity contribution >= 4 is 5.91 Å². The molecule has 5 nitrogen and oxygen atoms in total. The van der Waals surface area contributed by atoms with Gasteiger partial charge in [0, 0.05) is 6.54 Å². The number of rotatable bonds is 6. The van der Waals surface area contributed by atoms with Crippen LogP contribution < -0.4 is 10.1 Å². The van der Waals surface area contributed by atoms with E-state index in [1.54, 1.807) is 6.07 Å². The molecule has 1 fully saturated rings. The zero-order chi connectivity index (χ0) is 20.1. The number of hydrogen-bond donors (Lipinski definition) is 1. The predicted molar refractivity (Wildman–Crippen MR) is 110 cm³/mol. The molecule has 0 radical (unpaired) electrons. The summed E-state index contributed by atoms with van der Waals surface area (Å²) < 4.78 is 5.84. The lowest BCUT2D eigenvalue weighted by Gasteiger charge is -2.23. The Morgan fingerprint density at radius 3 is 2.55 bits per heavy atom. The van der Waals surface area contributed by atoms with E-state index in [4.69, 9.17) is 10.00 Å². The normalized spacial score (nSPS) is 16.2. The molecule has 3 aromatic carbocycles. The minimum atomic E-state index is -0.232. The second-order valence-electron chi connectivity index (χ2n) is 7.03. The van der Waals surface area contributed by atoms with Gasteiger partial charge in [0.1, 0.15) is 18.5 Å². The van der Waals surface area contributed by atoms with Crippen molar-refractivity contribution in [3.05, 3.63) is 101 Å². The topological polar surface area (TPSA) is 65.4 Å². The lowest BCUT2D eigenvalue weighted by Crippen LogP contribution is -2.27. The Labute approximate surface area is 170 Å². The highest BCUT2D eigenvalue weighted by atomic mass is 16.5. The minimum Gasteiger partial charge on any atom is -0.489 e. The van der Waals surface area contributed by atoms with Crippen molar-refractivity contribution in [2.75, 3.05) is 6.54 Å². The van der Waals surface area contributed by atoms with Crippen molar-refractivity contribution in [3.63, 3.8) is 0 Å². The van der Waals surface area contributed by atoms with Gasteiger partial charge in [-0.15, -0.1) is 0 Å². The van der Waals surface area contributed by atoms with Crippen LogP contribution in [-0.2, 0) is 17.9 Å². The van der Waals surface area contributed by atoms with Crippen LogP contribution in [0.2, 0.25) is 0 Å². The van der Waals surface area contributed by atoms with Gasteiger partial charge < -0.3 is 10.1 Å². The zero-order valence-electron chi connectivity index (χ0n) is 15.9. The molecule has 1 saturated heterocycles. The molecular weight excluding hydrogens is 362 g/mol. The molecule has 5 heteroatoms. The first-order valence-electron chi connectivity index (χ1n) is 9.50. The van der Waals surface area contributed by atoms with Crippen LogP contribution in [0.1, 0.15) is 28.4 Å². The number of carbonyl (C=O) groups is 1. The Morgan fingerprint density at radius 1 is 1.00 bits per heavy atom. The number of amides is 1. The van der Waals surface area contributed by atoms with Crippen LogP contribution in [0.25, 0.3) is 0 Å². The molecule has 144 valence electrons. The fraction of sp³-hybridized carbons (Fsp3) is 0.167. The number of benzene rings is 3. The Morgan fingerprint density at radius 2 is 1.79 bits per heavy atom. The summed E-state index contributed by atoms with van der Waals surface area (Å²) in [5.74, 6) is 0.798. The summed E-state index contributed by atoms with van der Waals surface area (Å²) in [5.41, 5.74) is 3.72. The Kier molecular flexibility index (Phi) is 5.55. The molecule has 1 N–H and O–H groups in total. The van der Waals surface area contributed by atoms with Crippen molar-refractivity contribution in [2.45, 2.75) is 19.3 Å². The molecule has 0 aromatic heterocycles. The highest BCUT2D eigenvalue weighted by Crippen LogP contribution is 2.25. The highest BCUT2D eigenvalue weighted by molar-refractivity contribution is 5.80. The fourth-order valence-corrected chi connectivity index (χ4v) is 3.45. The third-order valence-corrected chi connectivity index (χ3v) is 4.90. The standard InChI is InChI=1S/C24H21N3O2/c25-14-20-7-4-8-21(13-20)24-26-23(28)16-27(24)15-18-9-11-22(12-10-18)29-17-19-5-2-1-3-6-19/h1-13,24H,15-17H2,(H,26,28)/t24-/m1/s1. The predicted octanol–water partition coefficient (Wildman–Crippen LogP) is 3.77. The number of nitriles is 1. The lowest BCUT2D eigenvalue weighted by atomic mass is 10.1. The van der Waals surface area contributed by atoms with E-state index < -0.39 is 0 Å². The minimum absolute atomic E-state index is 0.0137. The molecule has 0 aliphatic carbocycles. The lowest BCUT2D eigenvalue weighted by molar-refractivity contribution is -0.118. The Bertz CT molecular complexity index is 1030. The first-order valence-corrected chi connectivity index (χ1v) is 9.50. The SMILES string of the molecule is N#Cc1cccc([C@@H]2NC(=O)CN2Cc2ccc(OCc3ccccc3)cc2)c1. The maximum Gasteiger partial charge on any atom is 0.235 e. The van der Waals surface area contributed by atoms with E-state index in [-0.39, 0.29) is 12.1 Å². The molecule has 1 aliphatic rings. The highest BCUT2D eigenvalue weighted by Gasteiger charge is 2.30. The largest absolute Gasteiger partial charge is 0.489 e. The van der Waals surface area contributed by atoms with Gasteiger partial charge in [-0.05, 0) is 41.0 Å². The van der Waals surface area contributed by atoms with Gasteiger partial charge in [0.2, 0.25) is 5.91 Å². The number of carbonyl (C=O) groups excluding carboxylic acids is 1. The third-order valence-electron chi connectivity index (χ3n) is 4.90. The van der Waals surface area contributed by atoms with Crippen molar-refractivity contribution < 1.29 is 9.53 Å². The Hall–Kier alpha value is -3.62. The van der Waals surface area contributed by atoms with Gasteiger partial charge in [-0.2, -0.15) is 5.26 Å². The molecular formula is C24H21N3O2. The Balaban J connectivity index is 1.42. The second kappa shape index (κ2) is 8.59. The average Bonchev–Trinajstić information content (AvgIpc) is 3.14. The van der Waals surface area contributed by atoms with E-state index >= 15 is 0 Å². The van der Waals surface area contributed by atoms with Crippen LogP contribution in [0.4, 0.5) is 0 Å². The van der Waals surface area contributed by atoms with Crippen molar-refractivity contribution in [2.24, 2.45) is 0 Å². The van der Waals surface area contributed by atoms with Crippen LogP contribution in [0.15, 0.2) is 78.9 Å². The number of ether oxygens (including phenoxy) is 1. The third kappa shape index (κ3) is 4.63. The van der Waals surface area contributed by atoms with Crippen LogP contribution in [0.5, 0.6) is 5.75 Å². The number of nitrogens with one attached hydrogen (secondary N) is 1. The van der Waals surface area contributed by atoms with Crippen molar-refractivity contribution in [3.8, 4) is 11.8 Å². The van der Waals surface area contributed by atoms with E-state index in [1.807, 2.05) is 72.8 Å². The average molecular weight is 383 g/mol. The molecule has 0 unspecified atom stereocenters. The van der Waals surface area contributed by atoms with Crippen LogP contribution in [-0.4, -0.2) is 17.4 Å². The maximum atomic E-state index is 12.0. The molecule has 0 spiro atoms. The molecule has 3 aromatic rings. The first-order chi connectivity index (χ1) is 14.2. The van der Waals surface area contributed by atoms with E-state index in [0.29, 0.717) is 25.3 Å². The molecule has 29 heavy (non-hydrogen) atoms. The van der Waals surface area contributed by atoms with Crippen molar-refractivity contribution in [1.82, 2.24) is 10.2 Å². The summed E-state index contributed by atoms with van der Waals surface area (Å²) in [7, 11) is 0. The quantitative estimate of drug-likeness (QED) is 0.704. The van der Waals surface area contributed by atoms with Crippen LogP contribution in [0.3, 0.4) is 0 Å². The van der Waals surface area contributed by atoms with E-state index in [9.17, 15) is 4.79 Å². The van der Waals surface area contributed by atoms with Gasteiger partial charge in [0.25, 0.3) is 0 Å². The van der Waals surface area contributed by atoms with Gasteiger partial charge in [-0.1, -0.05) is 54.6 Å². The van der Waals surface area contributed by atoms with Crippen LogP contribution in [0, 0.1) is 11.3 Å². The van der Waals surface area contributed by atoms with Gasteiger partial charge in [-0.3, -0.25) is 9.69 Å². The summed E-state index contributed by atoms with van der Waals surface area (Å²) in [6.45, 7) is 1.48. The molecule has 0 saturated carbocycles. The molecule has 1 amide bonds. The number of hydrogen-bond acceptors (Lipinski definition) is 4. The summed E-state index contributed by atoms with van der Waals surface area (Å²) in [5, 5.41) is 12.1. The summed E-state index contributed by atoms with van der Waals surface area (Å²) in [6.07, 6.45) is -0.232. The molecule has 4 rings (SSSR count). The van der Waals surface area contributed by atoms with Crippen LogP contribution >= 0.6 is 0 Å². The van der Waals surface area contributed by atoms with E-state index in [0.717, 1.165) is 22.4 Å². The number of nitrogens with zero attached hydrogens (tertiary/aromatic N) is 2. The van der Waals surface area contributed by atoms with E-state index in [2.05, 4.69) is 16.3 Å². The van der Waals surface area contributed by atoms with Crippen molar-refractivity contribution in [1.29, 1.82) is 5.26 Å². The first kappa shape index (κ1) is 18.7. The summed E-state index contributed by atoms with van der Waals surface area (Å²) in [6, 6.07) is 27.5. The maximum absolute atomic E-state index is 12.0. The molecule has 0 bridgehead atoms. The second-order valence-corrected chi connectivity index (χ2v) is 7.03. The summed E-state index contributed by atoms with van der Waals surface area (Å²) in [4.78, 5) is 14.1. The van der Waals surface area contributed by atoms with Gasteiger partial charge in [-0.25, -0.2) is 0 Å². The molecule has 1 aliphatic heterocycles. The van der Waals surface area contributed by atoms with E-state index in [1.165, 1.54) is 0 Å². The van der Waals surface area contributed by atoms with Gasteiger partial charge in [0.15, 0.2) is 0 Å². The van der Waals surface area contributed by atoms with Gasteiger partial charge in [0.05, 0.1) is 18.2 Å². The monoisotopic (exact) mass is 383 g/mol. The van der Waals surface area contributed by atoms with Gasteiger partial charge >= 0.3 is 0 Å². The summed E-state index contributed by atoms with van der Waals surface area (Å²) >= 11 is 0. The molecule has 1 heterocycles.